The summed E-state index contributed by atoms with van der Waals surface area (Å²) in [4.78, 5) is 24.9. The Morgan fingerprint density at radius 2 is 0.769 bits per heavy atom. The van der Waals surface area contributed by atoms with Crippen LogP contribution in [0.1, 0.15) is 0 Å². The Morgan fingerprint density at radius 3 is 0.769 bits per heavy atom. The van der Waals surface area contributed by atoms with Crippen LogP contribution in [0.5, 0.6) is 0 Å². The van der Waals surface area contributed by atoms with Gasteiger partial charge in [0, 0.05) is 35.6 Å². The van der Waals surface area contributed by atoms with Crippen LogP contribution in [-0.4, -0.2) is 20.5 Å². The Bertz CT molecular complexity index is 112. The van der Waals surface area contributed by atoms with E-state index in [0.29, 0.717) is 0 Å². The van der Waals surface area contributed by atoms with Crippen molar-refractivity contribution in [1.29, 1.82) is 0 Å². The Labute approximate surface area is 96.7 Å². The molecule has 0 heterocycles. The van der Waals surface area contributed by atoms with Crippen LogP contribution in [0.25, 0.3) is 0 Å². The molecule has 12 nitrogen and oxygen atoms in total. The van der Waals surface area contributed by atoms with E-state index in [1.54, 1.807) is 0 Å². The molecule has 13 heteroatoms. The molecule has 0 atom stereocenters. The van der Waals surface area contributed by atoms with Gasteiger partial charge in [0.2, 0.25) is 0 Å². The van der Waals surface area contributed by atoms with Crippen molar-refractivity contribution in [3.63, 3.8) is 0 Å². The van der Waals surface area contributed by atoms with E-state index in [4.69, 9.17) is 46.0 Å². The standard InChI is InChI=1S/La.HNO3.2NO3/c;3*2-1(3)4/h;(H,2,3,4);;/q;;2*-1. The minimum Gasteiger partial charge on any atom is -0.356 e. The van der Waals surface area contributed by atoms with Crippen molar-refractivity contribution in [1.82, 2.24) is 0 Å². The fourth-order valence-electron chi connectivity index (χ4n) is 0. The monoisotopic (exact) mass is 326 g/mol. The molecule has 1 radical (unpaired) electrons. The third-order valence-corrected chi connectivity index (χ3v) is 0. The second kappa shape index (κ2) is 17.0. The molecule has 0 saturated heterocycles. The molecule has 0 amide bonds. The molecule has 0 bridgehead atoms. The normalized spacial score (nSPS) is 5.54. The molecule has 0 saturated carbocycles. The van der Waals surface area contributed by atoms with Crippen LogP contribution in [0.3, 0.4) is 0 Å². The SMILES string of the molecule is O=[N+]([O-])O.O=[N+]([O-])[O-].O=[N+]([O-])[O-].[La]. The van der Waals surface area contributed by atoms with Gasteiger partial charge in [0.05, 0.1) is 10.2 Å². The summed E-state index contributed by atoms with van der Waals surface area (Å²) in [5.41, 5.74) is 0. The van der Waals surface area contributed by atoms with Gasteiger partial charge in [-0.3, -0.25) is 0 Å². The van der Waals surface area contributed by atoms with E-state index in [2.05, 4.69) is 0 Å². The number of hydrogen-bond donors (Lipinski definition) is 1. The van der Waals surface area contributed by atoms with Crippen molar-refractivity contribution in [2.24, 2.45) is 0 Å². The zero-order valence-corrected chi connectivity index (χ0v) is 9.26. The molecular weight excluding hydrogens is 325 g/mol. The summed E-state index contributed by atoms with van der Waals surface area (Å²) in [6.07, 6.45) is 0. The fraction of sp³-hybridized carbons (Fsp3) is 0. The first-order chi connectivity index (χ1) is 5.20. The zero-order chi connectivity index (χ0) is 10.7. The van der Waals surface area contributed by atoms with Crippen molar-refractivity contribution in [2.45, 2.75) is 0 Å². The van der Waals surface area contributed by atoms with Gasteiger partial charge in [-0.15, -0.1) is 10.1 Å². The molecule has 75 valence electrons. The molecule has 0 spiro atoms. The van der Waals surface area contributed by atoms with Crippen LogP contribution in [0.4, 0.5) is 0 Å². The van der Waals surface area contributed by atoms with Crippen LogP contribution in [0, 0.1) is 76.4 Å². The topological polar surface area (TPSA) is 196 Å². The van der Waals surface area contributed by atoms with Gasteiger partial charge in [-0.1, -0.05) is 0 Å². The maximum Gasteiger partial charge on any atom is 0.291 e. The Kier molecular flexibility index (Phi) is 29.7. The molecular formula is HLaN3O9-2. The van der Waals surface area contributed by atoms with Gasteiger partial charge in [-0.25, -0.2) is 0 Å². The summed E-state index contributed by atoms with van der Waals surface area (Å²) >= 11 is 0. The van der Waals surface area contributed by atoms with Gasteiger partial charge >= 0.3 is 0 Å². The van der Waals surface area contributed by atoms with Gasteiger partial charge in [-0.2, -0.15) is 0 Å². The molecule has 1 N–H and O–H groups in total. The number of hydrogen-bond acceptors (Lipinski definition) is 8. The molecule has 0 aliphatic carbocycles. The van der Waals surface area contributed by atoms with Crippen LogP contribution < -0.4 is 0 Å². The first kappa shape index (κ1) is 22.6. The maximum atomic E-state index is 8.36. The zero-order valence-electron chi connectivity index (χ0n) is 5.63. The minimum absolute atomic E-state index is 0. The molecule has 0 unspecified atom stereocenters. The van der Waals surface area contributed by atoms with Crippen molar-refractivity contribution in [2.75, 3.05) is 0 Å². The van der Waals surface area contributed by atoms with Gasteiger partial charge in [0.25, 0.3) is 5.09 Å². The van der Waals surface area contributed by atoms with Crippen LogP contribution >= 0.6 is 0 Å². The molecule has 13 heavy (non-hydrogen) atoms. The van der Waals surface area contributed by atoms with Crippen LogP contribution in [0.2, 0.25) is 0 Å². The van der Waals surface area contributed by atoms with Gasteiger partial charge < -0.3 is 35.9 Å². The van der Waals surface area contributed by atoms with Crippen LogP contribution in [-0.2, 0) is 0 Å². The average Bonchev–Trinajstić information content (AvgIpc) is 1.54. The predicted molar refractivity (Wildman–Crippen MR) is 29.5 cm³/mol. The van der Waals surface area contributed by atoms with E-state index >= 15 is 0 Å². The second-order valence-corrected chi connectivity index (χ2v) is 0.685. The Balaban J connectivity index is -0.0000000450. The molecule has 0 fully saturated rings. The summed E-state index contributed by atoms with van der Waals surface area (Å²) in [5, 5.41) is 43.1. The summed E-state index contributed by atoms with van der Waals surface area (Å²) in [6.45, 7) is 0. The van der Waals surface area contributed by atoms with Crippen molar-refractivity contribution in [3.8, 4) is 0 Å². The van der Waals surface area contributed by atoms with Crippen molar-refractivity contribution >= 4 is 0 Å². The van der Waals surface area contributed by atoms with E-state index in [0.717, 1.165) is 0 Å². The van der Waals surface area contributed by atoms with Gasteiger partial charge in [0.15, 0.2) is 0 Å². The maximum absolute atomic E-state index is 8.36. The van der Waals surface area contributed by atoms with Crippen molar-refractivity contribution < 1.29 is 56.1 Å². The van der Waals surface area contributed by atoms with E-state index in [9.17, 15) is 0 Å². The van der Waals surface area contributed by atoms with E-state index in [-0.39, 0.29) is 35.6 Å². The fourth-order valence-corrected chi connectivity index (χ4v) is 0. The smallest absolute Gasteiger partial charge is 0.291 e. The van der Waals surface area contributed by atoms with E-state index in [1.165, 1.54) is 0 Å². The molecule has 0 rings (SSSR count). The summed E-state index contributed by atoms with van der Waals surface area (Å²) in [7, 11) is 0. The number of rotatable bonds is 0. The van der Waals surface area contributed by atoms with E-state index in [1.807, 2.05) is 0 Å². The molecule has 0 aliphatic rings. The third kappa shape index (κ3) is 575. The largest absolute Gasteiger partial charge is 0.356 e. The van der Waals surface area contributed by atoms with Crippen LogP contribution in [0.15, 0.2) is 0 Å². The quantitative estimate of drug-likeness (QED) is 0.436. The molecule has 0 aliphatic heterocycles. The molecule has 0 aromatic rings. The first-order valence-electron chi connectivity index (χ1n) is 1.66. The van der Waals surface area contributed by atoms with Gasteiger partial charge in [0.1, 0.15) is 0 Å². The minimum atomic E-state index is -1.75. The number of nitrogens with zero attached hydrogens (tertiary/aromatic N) is 3. The summed E-state index contributed by atoms with van der Waals surface area (Å²) in [6, 6.07) is 0. The second-order valence-electron chi connectivity index (χ2n) is 0.685. The van der Waals surface area contributed by atoms with Crippen molar-refractivity contribution in [3.05, 3.63) is 40.8 Å². The Morgan fingerprint density at radius 1 is 0.769 bits per heavy atom. The third-order valence-electron chi connectivity index (χ3n) is 0. The predicted octanol–water partition coefficient (Wildman–Crippen LogP) is -0.826. The van der Waals surface area contributed by atoms with E-state index < -0.39 is 15.3 Å². The summed E-state index contributed by atoms with van der Waals surface area (Å²) in [5.74, 6) is 0. The molecule has 0 aromatic carbocycles. The first-order valence-corrected chi connectivity index (χ1v) is 1.66. The summed E-state index contributed by atoms with van der Waals surface area (Å²) < 4.78 is 0. The van der Waals surface area contributed by atoms with Gasteiger partial charge in [-0.05, 0) is 0 Å². The average molecular weight is 326 g/mol. The Hall–Kier alpha value is -1.21. The molecule has 0 aromatic heterocycles.